The van der Waals surface area contributed by atoms with Crippen LogP contribution in [-0.2, 0) is 0 Å². The number of aromatic nitrogens is 3. The minimum atomic E-state index is -0.532. The summed E-state index contributed by atoms with van der Waals surface area (Å²) in [5.74, 6) is -0.421. The van der Waals surface area contributed by atoms with Crippen molar-refractivity contribution in [3.63, 3.8) is 0 Å². The lowest BCUT2D eigenvalue weighted by atomic mass is 10.2. The molecule has 19 heavy (non-hydrogen) atoms. The highest BCUT2D eigenvalue weighted by Crippen LogP contribution is 2.26. The van der Waals surface area contributed by atoms with Crippen molar-refractivity contribution in [3.8, 4) is 17.5 Å². The van der Waals surface area contributed by atoms with E-state index in [0.717, 1.165) is 12.5 Å². The Hall–Kier alpha value is -2.62. The highest BCUT2D eigenvalue weighted by molar-refractivity contribution is 5.60. The number of nitriles is 1. The maximum Gasteiger partial charge on any atom is 0.252 e. The highest BCUT2D eigenvalue weighted by Gasteiger charge is 2.12. The van der Waals surface area contributed by atoms with Crippen molar-refractivity contribution in [3.05, 3.63) is 30.1 Å². The Morgan fingerprint density at radius 3 is 2.95 bits per heavy atom. The second-order valence-corrected chi connectivity index (χ2v) is 3.81. The van der Waals surface area contributed by atoms with E-state index >= 15 is 0 Å². The van der Waals surface area contributed by atoms with Crippen molar-refractivity contribution >= 4 is 5.69 Å². The fourth-order valence-electron chi connectivity index (χ4n) is 1.51. The van der Waals surface area contributed by atoms with Gasteiger partial charge in [-0.05, 0) is 6.42 Å². The maximum absolute atomic E-state index is 13.6. The van der Waals surface area contributed by atoms with Crippen LogP contribution in [0.1, 0.15) is 19.2 Å². The monoisotopic (exact) mass is 261 g/mol. The Morgan fingerprint density at radius 2 is 2.32 bits per heavy atom. The average Bonchev–Trinajstić information content (AvgIpc) is 2.86. The zero-order valence-electron chi connectivity index (χ0n) is 10.3. The molecule has 7 heteroatoms. The van der Waals surface area contributed by atoms with Gasteiger partial charge < -0.3 is 10.5 Å². The lowest BCUT2D eigenvalue weighted by molar-refractivity contribution is 0.301. The lowest BCUT2D eigenvalue weighted by Gasteiger charge is -2.10. The first kappa shape index (κ1) is 12.8. The van der Waals surface area contributed by atoms with E-state index in [9.17, 15) is 4.39 Å². The van der Waals surface area contributed by atoms with Crippen molar-refractivity contribution in [1.82, 2.24) is 14.8 Å². The van der Waals surface area contributed by atoms with Crippen LogP contribution in [0.3, 0.4) is 0 Å². The van der Waals surface area contributed by atoms with Crippen molar-refractivity contribution in [2.24, 2.45) is 0 Å². The number of rotatable bonds is 4. The summed E-state index contributed by atoms with van der Waals surface area (Å²) in [6, 6.07) is 4.41. The molecule has 0 fully saturated rings. The summed E-state index contributed by atoms with van der Waals surface area (Å²) in [6.45, 7) is 2.33. The molecule has 0 unspecified atom stereocenters. The van der Waals surface area contributed by atoms with Gasteiger partial charge in [-0.15, -0.1) is 5.10 Å². The molecule has 6 nitrogen and oxygen atoms in total. The van der Waals surface area contributed by atoms with Crippen LogP contribution in [0.4, 0.5) is 10.1 Å². The third-order valence-electron chi connectivity index (χ3n) is 2.38. The molecule has 2 rings (SSSR count). The van der Waals surface area contributed by atoms with Crippen molar-refractivity contribution in [2.75, 3.05) is 12.3 Å². The molecule has 1 aromatic heterocycles. The van der Waals surface area contributed by atoms with E-state index in [4.69, 9.17) is 15.7 Å². The summed E-state index contributed by atoms with van der Waals surface area (Å²) in [5.41, 5.74) is 6.34. The van der Waals surface area contributed by atoms with Crippen molar-refractivity contribution < 1.29 is 9.13 Å². The molecule has 2 N–H and O–H groups in total. The highest BCUT2D eigenvalue weighted by atomic mass is 19.1. The summed E-state index contributed by atoms with van der Waals surface area (Å²) < 4.78 is 20.2. The van der Waals surface area contributed by atoms with Crippen LogP contribution in [-0.4, -0.2) is 21.4 Å². The number of nitrogen functional groups attached to an aromatic ring is 1. The molecule has 0 atom stereocenters. The van der Waals surface area contributed by atoms with Gasteiger partial charge in [-0.2, -0.15) is 5.26 Å². The predicted molar refractivity (Wildman–Crippen MR) is 66.2 cm³/mol. The Kier molecular flexibility index (Phi) is 3.61. The average molecular weight is 261 g/mol. The molecule has 0 aliphatic rings. The van der Waals surface area contributed by atoms with E-state index in [1.807, 2.05) is 13.0 Å². The number of ether oxygens (including phenoxy) is 1. The Labute approximate surface area is 109 Å². The Balaban J connectivity index is 2.42. The first-order chi connectivity index (χ1) is 9.15. The second kappa shape index (κ2) is 5.35. The van der Waals surface area contributed by atoms with Crippen LogP contribution in [0.2, 0.25) is 0 Å². The first-order valence-electron chi connectivity index (χ1n) is 5.69. The van der Waals surface area contributed by atoms with Gasteiger partial charge in [0.15, 0.2) is 11.6 Å². The number of hydrogen-bond donors (Lipinski definition) is 1. The molecule has 2 aromatic rings. The van der Waals surface area contributed by atoms with Gasteiger partial charge in [-0.1, -0.05) is 6.92 Å². The van der Waals surface area contributed by atoms with Gasteiger partial charge in [0.05, 0.1) is 18.0 Å². The van der Waals surface area contributed by atoms with Crippen LogP contribution < -0.4 is 10.5 Å². The predicted octanol–water partition coefficient (Wildman–Crippen LogP) is 1.65. The second-order valence-electron chi connectivity index (χ2n) is 3.81. The van der Waals surface area contributed by atoms with Crippen LogP contribution in [0.15, 0.2) is 18.5 Å². The molecular weight excluding hydrogens is 249 g/mol. The van der Waals surface area contributed by atoms with E-state index < -0.39 is 5.82 Å². The Morgan fingerprint density at radius 1 is 1.53 bits per heavy atom. The zero-order valence-corrected chi connectivity index (χ0v) is 10.3. The molecule has 0 bridgehead atoms. The van der Waals surface area contributed by atoms with E-state index in [1.165, 1.54) is 17.1 Å². The fourth-order valence-corrected chi connectivity index (χ4v) is 1.51. The van der Waals surface area contributed by atoms with Crippen molar-refractivity contribution in [2.45, 2.75) is 13.3 Å². The van der Waals surface area contributed by atoms with E-state index in [2.05, 4.69) is 10.1 Å². The first-order valence-corrected chi connectivity index (χ1v) is 5.69. The maximum atomic E-state index is 13.6. The molecule has 0 aliphatic carbocycles. The minimum absolute atomic E-state index is 0.0137. The molecule has 98 valence electrons. The standard InChI is InChI=1S/C12H12FN5O/c1-2-3-19-11-5-10(9(15)4-8(11)13)18-7-16-12(6-14)17-18/h4-5,7H,2-3,15H2,1H3. The molecule has 0 radical (unpaired) electrons. The lowest BCUT2D eigenvalue weighted by Crippen LogP contribution is -2.04. The fraction of sp³-hybridized carbons (Fsp3) is 0.250. The molecule has 1 heterocycles. The topological polar surface area (TPSA) is 89.8 Å². The molecule has 0 aliphatic heterocycles. The zero-order chi connectivity index (χ0) is 13.8. The largest absolute Gasteiger partial charge is 0.490 e. The molecule has 0 spiro atoms. The van der Waals surface area contributed by atoms with E-state index in [-0.39, 0.29) is 17.3 Å². The summed E-state index contributed by atoms with van der Waals surface area (Å²) in [6.07, 6.45) is 2.10. The molecule has 0 saturated carbocycles. The summed E-state index contributed by atoms with van der Waals surface area (Å²) in [5, 5.41) is 12.6. The van der Waals surface area contributed by atoms with Crippen LogP contribution >= 0.6 is 0 Å². The van der Waals surface area contributed by atoms with Crippen LogP contribution in [0.5, 0.6) is 5.75 Å². The van der Waals surface area contributed by atoms with E-state index in [0.29, 0.717) is 12.3 Å². The number of nitrogens with zero attached hydrogens (tertiary/aromatic N) is 4. The summed E-state index contributed by atoms with van der Waals surface area (Å²) in [4.78, 5) is 3.77. The van der Waals surface area contributed by atoms with E-state index in [1.54, 1.807) is 0 Å². The quantitative estimate of drug-likeness (QED) is 0.845. The number of benzene rings is 1. The van der Waals surface area contributed by atoms with Gasteiger partial charge in [-0.3, -0.25) is 0 Å². The van der Waals surface area contributed by atoms with Gasteiger partial charge in [-0.25, -0.2) is 14.1 Å². The van der Waals surface area contributed by atoms with Gasteiger partial charge in [0.2, 0.25) is 0 Å². The SMILES string of the molecule is CCCOc1cc(-n2cnc(C#N)n2)c(N)cc1F. The van der Waals surface area contributed by atoms with Gasteiger partial charge in [0.1, 0.15) is 12.4 Å². The number of nitrogens with two attached hydrogens (primary N) is 1. The van der Waals surface area contributed by atoms with Gasteiger partial charge in [0.25, 0.3) is 5.82 Å². The normalized spacial score (nSPS) is 10.2. The van der Waals surface area contributed by atoms with Crippen molar-refractivity contribution in [1.29, 1.82) is 5.26 Å². The summed E-state index contributed by atoms with van der Waals surface area (Å²) >= 11 is 0. The van der Waals surface area contributed by atoms with Crippen LogP contribution in [0.25, 0.3) is 5.69 Å². The Bertz CT molecular complexity index is 632. The molecule has 1 aromatic carbocycles. The smallest absolute Gasteiger partial charge is 0.252 e. The third-order valence-corrected chi connectivity index (χ3v) is 2.38. The molecular formula is C12H12FN5O. The van der Waals surface area contributed by atoms with Gasteiger partial charge in [0, 0.05) is 12.1 Å². The number of hydrogen-bond acceptors (Lipinski definition) is 5. The molecule has 0 amide bonds. The number of anilines is 1. The molecule has 0 saturated heterocycles. The summed E-state index contributed by atoms with van der Waals surface area (Å²) in [7, 11) is 0. The van der Waals surface area contributed by atoms with Gasteiger partial charge >= 0.3 is 0 Å². The van der Waals surface area contributed by atoms with Crippen LogP contribution in [0, 0.1) is 17.1 Å². The number of halogens is 1. The third kappa shape index (κ3) is 2.63. The minimum Gasteiger partial charge on any atom is -0.490 e.